The summed E-state index contributed by atoms with van der Waals surface area (Å²) in [5.74, 6) is 1.79. The van der Waals surface area contributed by atoms with Gasteiger partial charge in [-0.1, -0.05) is 13.3 Å². The first-order chi connectivity index (χ1) is 8.74. The molecule has 1 aromatic rings. The van der Waals surface area contributed by atoms with Gasteiger partial charge in [-0.15, -0.1) is 0 Å². The molecule has 2 rings (SSSR count). The summed E-state index contributed by atoms with van der Waals surface area (Å²) in [5, 5.41) is 7.77. The Morgan fingerprint density at radius 2 is 2.28 bits per heavy atom. The molecule has 1 aliphatic carbocycles. The molecule has 1 fully saturated rings. The summed E-state index contributed by atoms with van der Waals surface area (Å²) in [6.07, 6.45) is 9.87. The average molecular weight is 249 g/mol. The van der Waals surface area contributed by atoms with Gasteiger partial charge < -0.3 is 5.32 Å². The normalized spacial score (nSPS) is 28.5. The van der Waals surface area contributed by atoms with Gasteiger partial charge in [-0.05, 0) is 57.1 Å². The molecule has 0 bridgehead atoms. The number of aromatic nitrogens is 2. The van der Waals surface area contributed by atoms with E-state index in [0.29, 0.717) is 0 Å². The average Bonchev–Trinajstić information content (AvgIpc) is 2.81. The van der Waals surface area contributed by atoms with Gasteiger partial charge in [-0.25, -0.2) is 0 Å². The van der Waals surface area contributed by atoms with E-state index < -0.39 is 0 Å². The first-order valence-corrected chi connectivity index (χ1v) is 7.38. The summed E-state index contributed by atoms with van der Waals surface area (Å²) in [7, 11) is 4.16. The predicted octanol–water partition coefficient (Wildman–Crippen LogP) is 2.77. The molecule has 1 saturated carbocycles. The van der Waals surface area contributed by atoms with Gasteiger partial charge in [0.1, 0.15) is 0 Å². The molecule has 1 aliphatic rings. The summed E-state index contributed by atoms with van der Waals surface area (Å²) in [4.78, 5) is 0. The molecule has 3 heteroatoms. The van der Waals surface area contributed by atoms with Crippen molar-refractivity contribution in [3.8, 4) is 0 Å². The fourth-order valence-corrected chi connectivity index (χ4v) is 3.41. The predicted molar refractivity (Wildman–Crippen MR) is 75.5 cm³/mol. The molecule has 3 nitrogen and oxygen atoms in total. The Kier molecular flexibility index (Phi) is 4.81. The van der Waals surface area contributed by atoms with Crippen LogP contribution in [0.5, 0.6) is 0 Å². The third-order valence-electron chi connectivity index (χ3n) is 4.73. The Bertz CT molecular complexity index is 358. The molecule has 3 atom stereocenters. The quantitative estimate of drug-likeness (QED) is 0.869. The van der Waals surface area contributed by atoms with Crippen molar-refractivity contribution in [3.63, 3.8) is 0 Å². The van der Waals surface area contributed by atoms with Crippen LogP contribution in [0.3, 0.4) is 0 Å². The van der Waals surface area contributed by atoms with Crippen LogP contribution in [0.4, 0.5) is 0 Å². The molecule has 1 N–H and O–H groups in total. The van der Waals surface area contributed by atoms with E-state index in [-0.39, 0.29) is 0 Å². The Hall–Kier alpha value is -0.830. The minimum atomic E-state index is 0.723. The van der Waals surface area contributed by atoms with E-state index in [0.717, 1.165) is 24.3 Å². The van der Waals surface area contributed by atoms with Gasteiger partial charge in [0.05, 0.1) is 0 Å². The maximum absolute atomic E-state index is 4.25. The smallest absolute Gasteiger partial charge is 0.0492 e. The van der Waals surface area contributed by atoms with Crippen LogP contribution in [0.15, 0.2) is 12.3 Å². The monoisotopic (exact) mass is 249 g/mol. The number of rotatable bonds is 5. The molecule has 1 heterocycles. The third-order valence-corrected chi connectivity index (χ3v) is 4.73. The highest BCUT2D eigenvalue weighted by Gasteiger charge is 2.28. The number of aryl methyl sites for hydroxylation is 2. The lowest BCUT2D eigenvalue weighted by Crippen LogP contribution is -2.38. The fourth-order valence-electron chi connectivity index (χ4n) is 3.41. The van der Waals surface area contributed by atoms with Crippen molar-refractivity contribution in [2.75, 3.05) is 7.05 Å². The summed E-state index contributed by atoms with van der Waals surface area (Å²) in [6.45, 7) is 2.34. The number of nitrogens with zero attached hydrogens (tertiary/aromatic N) is 2. The molecule has 0 saturated heterocycles. The SMILES string of the molecule is CCC1CCC(NC)C(CCc2ccnn2C)C1. The first-order valence-electron chi connectivity index (χ1n) is 7.38. The number of hydrogen-bond acceptors (Lipinski definition) is 2. The summed E-state index contributed by atoms with van der Waals surface area (Å²) in [5.41, 5.74) is 1.36. The van der Waals surface area contributed by atoms with Crippen molar-refractivity contribution < 1.29 is 0 Å². The van der Waals surface area contributed by atoms with Crippen molar-refractivity contribution in [1.29, 1.82) is 0 Å². The lowest BCUT2D eigenvalue weighted by molar-refractivity contribution is 0.196. The summed E-state index contributed by atoms with van der Waals surface area (Å²) >= 11 is 0. The molecule has 1 aromatic heterocycles. The van der Waals surface area contributed by atoms with E-state index in [1.807, 2.05) is 17.9 Å². The Morgan fingerprint density at radius 3 is 2.89 bits per heavy atom. The first kappa shape index (κ1) is 13.6. The molecular weight excluding hydrogens is 222 g/mol. The van der Waals surface area contributed by atoms with Crippen LogP contribution in [0.25, 0.3) is 0 Å². The van der Waals surface area contributed by atoms with Gasteiger partial charge in [0.2, 0.25) is 0 Å². The topological polar surface area (TPSA) is 29.9 Å². The largest absolute Gasteiger partial charge is 0.317 e. The molecule has 102 valence electrons. The number of nitrogens with one attached hydrogen (secondary N) is 1. The van der Waals surface area contributed by atoms with Gasteiger partial charge in [0.15, 0.2) is 0 Å². The second kappa shape index (κ2) is 6.37. The van der Waals surface area contributed by atoms with Gasteiger partial charge >= 0.3 is 0 Å². The highest BCUT2D eigenvalue weighted by molar-refractivity contribution is 5.00. The van der Waals surface area contributed by atoms with Crippen molar-refractivity contribution in [2.45, 2.75) is 51.5 Å². The van der Waals surface area contributed by atoms with E-state index >= 15 is 0 Å². The molecular formula is C15H27N3. The van der Waals surface area contributed by atoms with E-state index in [9.17, 15) is 0 Å². The molecule has 0 amide bonds. The molecule has 3 unspecified atom stereocenters. The van der Waals surface area contributed by atoms with E-state index in [4.69, 9.17) is 0 Å². The van der Waals surface area contributed by atoms with Crippen molar-refractivity contribution >= 4 is 0 Å². The zero-order valence-electron chi connectivity index (χ0n) is 12.0. The van der Waals surface area contributed by atoms with Crippen LogP contribution in [0.2, 0.25) is 0 Å². The molecule has 0 aromatic carbocycles. The zero-order chi connectivity index (χ0) is 13.0. The highest BCUT2D eigenvalue weighted by atomic mass is 15.2. The maximum atomic E-state index is 4.25. The molecule has 18 heavy (non-hydrogen) atoms. The van der Waals surface area contributed by atoms with Crippen LogP contribution in [-0.4, -0.2) is 22.9 Å². The standard InChI is InChI=1S/C15H27N3/c1-4-12-5-8-15(16-2)13(11-12)6-7-14-9-10-17-18(14)3/h9-10,12-13,15-16H,4-8,11H2,1-3H3. The summed E-state index contributed by atoms with van der Waals surface area (Å²) < 4.78 is 2.01. The fraction of sp³-hybridized carbons (Fsp3) is 0.800. The number of hydrogen-bond donors (Lipinski definition) is 1. The van der Waals surface area contributed by atoms with Crippen LogP contribution >= 0.6 is 0 Å². The second-order valence-corrected chi connectivity index (χ2v) is 5.73. The zero-order valence-corrected chi connectivity index (χ0v) is 12.0. The minimum absolute atomic E-state index is 0.723. The van der Waals surface area contributed by atoms with Crippen LogP contribution < -0.4 is 5.32 Å². The van der Waals surface area contributed by atoms with Crippen molar-refractivity contribution in [2.24, 2.45) is 18.9 Å². The Balaban J connectivity index is 1.90. The van der Waals surface area contributed by atoms with Crippen LogP contribution in [-0.2, 0) is 13.5 Å². The highest BCUT2D eigenvalue weighted by Crippen LogP contribution is 2.33. The van der Waals surface area contributed by atoms with Crippen molar-refractivity contribution in [1.82, 2.24) is 15.1 Å². The molecule has 0 radical (unpaired) electrons. The van der Waals surface area contributed by atoms with Gasteiger partial charge in [-0.2, -0.15) is 5.10 Å². The van der Waals surface area contributed by atoms with Gasteiger partial charge in [0.25, 0.3) is 0 Å². The molecule has 0 spiro atoms. The summed E-state index contributed by atoms with van der Waals surface area (Å²) in [6, 6.07) is 2.87. The third kappa shape index (κ3) is 3.14. The molecule has 0 aliphatic heterocycles. The van der Waals surface area contributed by atoms with E-state index in [2.05, 4.69) is 30.5 Å². The second-order valence-electron chi connectivity index (χ2n) is 5.73. The lowest BCUT2D eigenvalue weighted by atomic mass is 9.75. The Labute approximate surface area is 111 Å². The van der Waals surface area contributed by atoms with Crippen LogP contribution in [0.1, 0.15) is 44.7 Å². The van der Waals surface area contributed by atoms with E-state index in [1.54, 1.807) is 0 Å². The minimum Gasteiger partial charge on any atom is -0.317 e. The van der Waals surface area contributed by atoms with Gasteiger partial charge in [-0.3, -0.25) is 4.68 Å². The van der Waals surface area contributed by atoms with Gasteiger partial charge in [0, 0.05) is 25.0 Å². The van der Waals surface area contributed by atoms with E-state index in [1.165, 1.54) is 37.8 Å². The maximum Gasteiger partial charge on any atom is 0.0492 e. The lowest BCUT2D eigenvalue weighted by Gasteiger charge is -2.36. The van der Waals surface area contributed by atoms with Crippen LogP contribution in [0, 0.1) is 11.8 Å². The Morgan fingerprint density at radius 1 is 1.44 bits per heavy atom. The van der Waals surface area contributed by atoms with Crippen molar-refractivity contribution in [3.05, 3.63) is 18.0 Å².